The van der Waals surface area contributed by atoms with Gasteiger partial charge in [0.2, 0.25) is 0 Å². The van der Waals surface area contributed by atoms with Crippen LogP contribution in [0.3, 0.4) is 0 Å². The minimum atomic E-state index is -0.561. The predicted molar refractivity (Wildman–Crippen MR) is 80.3 cm³/mol. The van der Waals surface area contributed by atoms with Crippen molar-refractivity contribution in [3.63, 3.8) is 0 Å². The molecule has 0 fully saturated rings. The van der Waals surface area contributed by atoms with E-state index in [0.717, 1.165) is 0 Å². The highest BCUT2D eigenvalue weighted by Gasteiger charge is 2.18. The van der Waals surface area contributed by atoms with Gasteiger partial charge in [-0.15, -0.1) is 0 Å². The maximum absolute atomic E-state index is 11.7. The monoisotopic (exact) mass is 298 g/mol. The second-order valence-electron chi connectivity index (χ2n) is 6.74. The molecule has 0 radical (unpaired) electrons. The topological polar surface area (TPSA) is 61.8 Å². The molecule has 0 aromatic carbocycles. The molecule has 0 aromatic heterocycles. The minimum Gasteiger partial charge on any atom is -0.472 e. The Hall–Kier alpha value is -1.78. The molecule has 5 nitrogen and oxygen atoms in total. The largest absolute Gasteiger partial charge is 0.472 e. The quantitative estimate of drug-likeness (QED) is 0.451. The van der Waals surface area contributed by atoms with Gasteiger partial charge in [-0.05, 0) is 55.4 Å². The van der Waals surface area contributed by atoms with Crippen LogP contribution in [0.5, 0.6) is 0 Å². The first kappa shape index (κ1) is 19.2. The summed E-state index contributed by atoms with van der Waals surface area (Å²) in [6.45, 7) is 13.8. The molecule has 0 aliphatic rings. The number of hydrogen-bond acceptors (Lipinski definition) is 5. The van der Waals surface area contributed by atoms with Crippen LogP contribution in [0.1, 0.15) is 55.4 Å². The van der Waals surface area contributed by atoms with Gasteiger partial charge in [-0.3, -0.25) is 0 Å². The molecule has 0 atom stereocenters. The van der Waals surface area contributed by atoms with Gasteiger partial charge < -0.3 is 14.2 Å². The van der Waals surface area contributed by atoms with E-state index in [4.69, 9.17) is 14.2 Å². The Morgan fingerprint density at radius 1 is 0.714 bits per heavy atom. The van der Waals surface area contributed by atoms with Crippen LogP contribution in [-0.4, -0.2) is 23.1 Å². The highest BCUT2D eigenvalue weighted by molar-refractivity contribution is 5.88. The van der Waals surface area contributed by atoms with E-state index < -0.39 is 23.1 Å². The summed E-state index contributed by atoms with van der Waals surface area (Å²) in [7, 11) is 0. The van der Waals surface area contributed by atoms with Crippen LogP contribution in [0.2, 0.25) is 0 Å². The third-order valence-electron chi connectivity index (χ3n) is 1.93. The number of carbonyl (C=O) groups is 2. The van der Waals surface area contributed by atoms with Crippen molar-refractivity contribution in [1.82, 2.24) is 0 Å². The number of hydrogen-bond donors (Lipinski definition) is 0. The van der Waals surface area contributed by atoms with E-state index in [0.29, 0.717) is 11.1 Å². The highest BCUT2D eigenvalue weighted by atomic mass is 16.6. The Bertz CT molecular complexity index is 402. The number of carbonyl (C=O) groups excluding carboxylic acids is 2. The maximum atomic E-state index is 11.7. The zero-order chi connectivity index (χ0) is 16.8. The van der Waals surface area contributed by atoms with Gasteiger partial charge in [0.05, 0.1) is 11.1 Å². The van der Waals surface area contributed by atoms with Crippen LogP contribution in [-0.2, 0) is 23.8 Å². The lowest BCUT2D eigenvalue weighted by Gasteiger charge is -2.19. The Labute approximate surface area is 126 Å². The standard InChI is InChI=1S/C16H26O5/c1-11(13(17)20-15(3,4)5)9-19-10-12(2)14(18)21-16(6,7)8/h9-10H,1-8H3/b11-9+,12-10+. The van der Waals surface area contributed by atoms with E-state index in [2.05, 4.69) is 0 Å². The third-order valence-corrected chi connectivity index (χ3v) is 1.93. The molecule has 120 valence electrons. The Morgan fingerprint density at radius 2 is 1.00 bits per heavy atom. The summed E-state index contributed by atoms with van der Waals surface area (Å²) in [6, 6.07) is 0. The van der Waals surface area contributed by atoms with Crippen molar-refractivity contribution in [2.75, 3.05) is 0 Å². The van der Waals surface area contributed by atoms with Crippen LogP contribution >= 0.6 is 0 Å². The molecular weight excluding hydrogens is 272 g/mol. The number of ether oxygens (including phenoxy) is 3. The summed E-state index contributed by atoms with van der Waals surface area (Å²) in [6.07, 6.45) is 2.48. The molecule has 0 rings (SSSR count). The van der Waals surface area contributed by atoms with Crippen LogP contribution < -0.4 is 0 Å². The zero-order valence-corrected chi connectivity index (χ0v) is 14.2. The van der Waals surface area contributed by atoms with Crippen molar-refractivity contribution < 1.29 is 23.8 Å². The Balaban J connectivity index is 4.57. The molecule has 0 amide bonds. The summed E-state index contributed by atoms with van der Waals surface area (Å²) >= 11 is 0. The zero-order valence-electron chi connectivity index (χ0n) is 14.2. The summed E-state index contributed by atoms with van der Waals surface area (Å²) in [5.41, 5.74) is -0.514. The van der Waals surface area contributed by atoms with Crippen LogP contribution in [0.15, 0.2) is 23.7 Å². The average molecular weight is 298 g/mol. The second kappa shape index (κ2) is 7.29. The van der Waals surface area contributed by atoms with Gasteiger partial charge in [0.15, 0.2) is 0 Å². The molecule has 5 heteroatoms. The fourth-order valence-electron chi connectivity index (χ4n) is 1.05. The van der Waals surface area contributed by atoms with Crippen molar-refractivity contribution in [2.24, 2.45) is 0 Å². The lowest BCUT2D eigenvalue weighted by atomic mass is 10.2. The smallest absolute Gasteiger partial charge is 0.337 e. The molecule has 0 bridgehead atoms. The first-order chi connectivity index (χ1) is 9.32. The van der Waals surface area contributed by atoms with E-state index in [9.17, 15) is 9.59 Å². The van der Waals surface area contributed by atoms with Gasteiger partial charge in [-0.25, -0.2) is 9.59 Å². The van der Waals surface area contributed by atoms with Gasteiger partial charge in [-0.2, -0.15) is 0 Å². The van der Waals surface area contributed by atoms with Crippen molar-refractivity contribution in [2.45, 2.75) is 66.6 Å². The van der Waals surface area contributed by atoms with Crippen molar-refractivity contribution in [3.8, 4) is 0 Å². The molecule has 0 aliphatic carbocycles. The number of rotatable bonds is 4. The summed E-state index contributed by atoms with van der Waals surface area (Å²) in [5, 5.41) is 0. The number of esters is 2. The minimum absolute atomic E-state index is 0.304. The van der Waals surface area contributed by atoms with E-state index in [-0.39, 0.29) is 0 Å². The lowest BCUT2D eigenvalue weighted by molar-refractivity contribution is -0.150. The predicted octanol–water partition coefficient (Wildman–Crippen LogP) is 3.49. The van der Waals surface area contributed by atoms with Crippen LogP contribution in [0.25, 0.3) is 0 Å². The van der Waals surface area contributed by atoms with Gasteiger partial charge in [0.25, 0.3) is 0 Å². The van der Waals surface area contributed by atoms with E-state index in [1.54, 1.807) is 55.4 Å². The molecule has 0 aliphatic heterocycles. The van der Waals surface area contributed by atoms with Gasteiger partial charge in [0.1, 0.15) is 23.7 Å². The first-order valence-corrected chi connectivity index (χ1v) is 6.77. The van der Waals surface area contributed by atoms with Gasteiger partial charge in [-0.1, -0.05) is 0 Å². The second-order valence-corrected chi connectivity index (χ2v) is 6.74. The van der Waals surface area contributed by atoms with E-state index >= 15 is 0 Å². The van der Waals surface area contributed by atoms with E-state index in [1.165, 1.54) is 12.5 Å². The summed E-state index contributed by atoms with van der Waals surface area (Å²) in [4.78, 5) is 23.3. The molecule has 21 heavy (non-hydrogen) atoms. The fourth-order valence-corrected chi connectivity index (χ4v) is 1.05. The first-order valence-electron chi connectivity index (χ1n) is 6.77. The summed E-state index contributed by atoms with van der Waals surface area (Å²) in [5.74, 6) is -0.934. The Kier molecular flexibility index (Phi) is 6.67. The van der Waals surface area contributed by atoms with Crippen molar-refractivity contribution in [1.29, 1.82) is 0 Å². The van der Waals surface area contributed by atoms with Crippen molar-refractivity contribution >= 4 is 11.9 Å². The molecular formula is C16H26O5. The molecule has 0 aromatic rings. The van der Waals surface area contributed by atoms with Gasteiger partial charge >= 0.3 is 11.9 Å². The maximum Gasteiger partial charge on any atom is 0.337 e. The van der Waals surface area contributed by atoms with Crippen LogP contribution in [0.4, 0.5) is 0 Å². The lowest BCUT2D eigenvalue weighted by Crippen LogP contribution is -2.24. The van der Waals surface area contributed by atoms with Crippen molar-refractivity contribution in [3.05, 3.63) is 23.7 Å². The molecule has 0 spiro atoms. The highest BCUT2D eigenvalue weighted by Crippen LogP contribution is 2.12. The molecule has 0 saturated carbocycles. The molecule has 0 saturated heterocycles. The normalized spacial score (nSPS) is 13.7. The molecule has 0 unspecified atom stereocenters. The molecule has 0 N–H and O–H groups in total. The SMILES string of the molecule is C/C(=C\O/C=C(\C)C(=O)OC(C)(C)C)C(=O)OC(C)(C)C. The molecule has 0 heterocycles. The fraction of sp³-hybridized carbons (Fsp3) is 0.625. The van der Waals surface area contributed by atoms with E-state index in [1.807, 2.05) is 0 Å². The third kappa shape index (κ3) is 9.71. The summed E-state index contributed by atoms with van der Waals surface area (Å²) < 4.78 is 15.4. The Morgan fingerprint density at radius 3 is 1.24 bits per heavy atom. The van der Waals surface area contributed by atoms with Gasteiger partial charge in [0, 0.05) is 0 Å². The average Bonchev–Trinajstić information content (AvgIpc) is 2.23. The van der Waals surface area contributed by atoms with Crippen LogP contribution in [0, 0.1) is 0 Å².